The fraction of sp³-hybridized carbons (Fsp3) is 0.357. The Labute approximate surface area is 110 Å². The van der Waals surface area contributed by atoms with E-state index in [1.807, 2.05) is 13.8 Å². The molecule has 19 heavy (non-hydrogen) atoms. The minimum Gasteiger partial charge on any atom is -0.345 e. The first-order chi connectivity index (χ1) is 9.02. The van der Waals surface area contributed by atoms with Crippen LogP contribution in [0.5, 0.6) is 0 Å². The minimum absolute atomic E-state index is 0.203. The highest BCUT2D eigenvalue weighted by Gasteiger charge is 2.17. The maximum absolute atomic E-state index is 13.8. The standard InChI is InChI=1S/C14H17F2N3/c1-8(2)14-18-12(5-6-17)13(19-14)10-4-3-9(15)7-11(10)16/h3-4,7-8H,5-6,17H2,1-2H3,(H,18,19). The maximum atomic E-state index is 13.8. The van der Waals surface area contributed by atoms with Gasteiger partial charge in [-0.05, 0) is 18.7 Å². The van der Waals surface area contributed by atoms with Crippen LogP contribution in [-0.4, -0.2) is 16.5 Å². The summed E-state index contributed by atoms with van der Waals surface area (Å²) in [5, 5.41) is 0. The molecule has 102 valence electrons. The molecule has 3 nitrogen and oxygen atoms in total. The van der Waals surface area contributed by atoms with E-state index < -0.39 is 11.6 Å². The van der Waals surface area contributed by atoms with Crippen LogP contribution in [0.4, 0.5) is 8.78 Å². The number of rotatable bonds is 4. The second-order valence-electron chi connectivity index (χ2n) is 4.77. The molecule has 0 fully saturated rings. The van der Waals surface area contributed by atoms with Crippen LogP contribution in [-0.2, 0) is 6.42 Å². The van der Waals surface area contributed by atoms with E-state index in [-0.39, 0.29) is 5.92 Å². The first-order valence-corrected chi connectivity index (χ1v) is 6.27. The third-order valence-corrected chi connectivity index (χ3v) is 2.92. The van der Waals surface area contributed by atoms with Crippen molar-refractivity contribution >= 4 is 0 Å². The first kappa shape index (κ1) is 13.7. The zero-order valence-corrected chi connectivity index (χ0v) is 11.0. The SMILES string of the molecule is CC(C)c1nc(-c2ccc(F)cc2F)c(CCN)[nH]1. The smallest absolute Gasteiger partial charge is 0.135 e. The fourth-order valence-electron chi connectivity index (χ4n) is 1.93. The van der Waals surface area contributed by atoms with Crippen LogP contribution in [0.25, 0.3) is 11.3 Å². The first-order valence-electron chi connectivity index (χ1n) is 6.27. The van der Waals surface area contributed by atoms with E-state index in [0.29, 0.717) is 24.2 Å². The van der Waals surface area contributed by atoms with Crippen molar-refractivity contribution in [3.8, 4) is 11.3 Å². The molecule has 0 unspecified atom stereocenters. The molecule has 1 aromatic carbocycles. The lowest BCUT2D eigenvalue weighted by atomic mass is 10.1. The second-order valence-corrected chi connectivity index (χ2v) is 4.77. The van der Waals surface area contributed by atoms with Crippen LogP contribution < -0.4 is 5.73 Å². The highest BCUT2D eigenvalue weighted by molar-refractivity contribution is 5.63. The van der Waals surface area contributed by atoms with Gasteiger partial charge in [-0.1, -0.05) is 13.8 Å². The van der Waals surface area contributed by atoms with Crippen molar-refractivity contribution < 1.29 is 8.78 Å². The average molecular weight is 265 g/mol. The third-order valence-electron chi connectivity index (χ3n) is 2.92. The zero-order chi connectivity index (χ0) is 14.0. The van der Waals surface area contributed by atoms with Gasteiger partial charge in [-0.2, -0.15) is 0 Å². The molecule has 0 saturated heterocycles. The van der Waals surface area contributed by atoms with Crippen molar-refractivity contribution in [3.05, 3.63) is 41.4 Å². The summed E-state index contributed by atoms with van der Waals surface area (Å²) in [5.74, 6) is -0.225. The van der Waals surface area contributed by atoms with E-state index >= 15 is 0 Å². The van der Waals surface area contributed by atoms with Crippen LogP contribution in [0.3, 0.4) is 0 Å². The molecule has 1 aromatic heterocycles. The van der Waals surface area contributed by atoms with Gasteiger partial charge in [-0.15, -0.1) is 0 Å². The number of imidazole rings is 1. The molecule has 0 aliphatic heterocycles. The summed E-state index contributed by atoms with van der Waals surface area (Å²) < 4.78 is 26.8. The molecule has 2 aromatic rings. The molecule has 0 saturated carbocycles. The Bertz CT molecular complexity index is 576. The molecular formula is C14H17F2N3. The van der Waals surface area contributed by atoms with E-state index in [0.717, 1.165) is 17.6 Å². The number of aromatic amines is 1. The Balaban J connectivity index is 2.53. The molecule has 0 bridgehead atoms. The predicted molar refractivity (Wildman–Crippen MR) is 70.8 cm³/mol. The van der Waals surface area contributed by atoms with Gasteiger partial charge in [0.15, 0.2) is 0 Å². The number of benzene rings is 1. The Morgan fingerprint density at radius 2 is 2.05 bits per heavy atom. The van der Waals surface area contributed by atoms with E-state index in [1.54, 1.807) is 0 Å². The van der Waals surface area contributed by atoms with Gasteiger partial charge in [-0.3, -0.25) is 0 Å². The lowest BCUT2D eigenvalue weighted by Crippen LogP contribution is -2.04. The lowest BCUT2D eigenvalue weighted by molar-refractivity contribution is 0.585. The van der Waals surface area contributed by atoms with Crippen molar-refractivity contribution in [2.24, 2.45) is 5.73 Å². The van der Waals surface area contributed by atoms with Crippen LogP contribution in [0.15, 0.2) is 18.2 Å². The third kappa shape index (κ3) is 2.81. The van der Waals surface area contributed by atoms with Gasteiger partial charge in [0, 0.05) is 29.7 Å². The van der Waals surface area contributed by atoms with E-state index in [2.05, 4.69) is 9.97 Å². The molecule has 0 aliphatic rings. The zero-order valence-electron chi connectivity index (χ0n) is 11.0. The number of nitrogens with two attached hydrogens (primary N) is 1. The largest absolute Gasteiger partial charge is 0.345 e. The minimum atomic E-state index is -0.611. The van der Waals surface area contributed by atoms with Crippen molar-refractivity contribution in [2.45, 2.75) is 26.2 Å². The van der Waals surface area contributed by atoms with Gasteiger partial charge in [0.25, 0.3) is 0 Å². The van der Waals surface area contributed by atoms with Crippen LogP contribution in [0.2, 0.25) is 0 Å². The van der Waals surface area contributed by atoms with Crippen molar-refractivity contribution in [3.63, 3.8) is 0 Å². The van der Waals surface area contributed by atoms with Gasteiger partial charge in [0.1, 0.15) is 17.5 Å². The number of halogens is 2. The average Bonchev–Trinajstić information content (AvgIpc) is 2.74. The molecule has 0 aliphatic carbocycles. The Kier molecular flexibility index (Phi) is 3.95. The van der Waals surface area contributed by atoms with Gasteiger partial charge in [-0.25, -0.2) is 13.8 Å². The fourth-order valence-corrected chi connectivity index (χ4v) is 1.93. The monoisotopic (exact) mass is 265 g/mol. The molecule has 0 radical (unpaired) electrons. The van der Waals surface area contributed by atoms with Gasteiger partial charge < -0.3 is 10.7 Å². The normalized spacial score (nSPS) is 11.3. The Morgan fingerprint density at radius 3 is 2.63 bits per heavy atom. The Hall–Kier alpha value is -1.75. The van der Waals surface area contributed by atoms with Gasteiger partial charge >= 0.3 is 0 Å². The molecule has 5 heteroatoms. The van der Waals surface area contributed by atoms with E-state index in [4.69, 9.17) is 5.73 Å². The summed E-state index contributed by atoms with van der Waals surface area (Å²) in [6.45, 7) is 4.43. The number of nitrogens with zero attached hydrogens (tertiary/aromatic N) is 1. The van der Waals surface area contributed by atoms with Crippen LogP contribution >= 0.6 is 0 Å². The highest BCUT2D eigenvalue weighted by atomic mass is 19.1. The maximum Gasteiger partial charge on any atom is 0.135 e. The molecular weight excluding hydrogens is 248 g/mol. The number of aromatic nitrogens is 2. The molecule has 0 spiro atoms. The van der Waals surface area contributed by atoms with Crippen molar-refractivity contribution in [2.75, 3.05) is 6.54 Å². The number of hydrogen-bond acceptors (Lipinski definition) is 2. The molecule has 3 N–H and O–H groups in total. The van der Waals surface area contributed by atoms with Crippen LogP contribution in [0, 0.1) is 11.6 Å². The molecule has 1 heterocycles. The highest BCUT2D eigenvalue weighted by Crippen LogP contribution is 2.27. The van der Waals surface area contributed by atoms with Crippen molar-refractivity contribution in [1.82, 2.24) is 9.97 Å². The predicted octanol–water partition coefficient (Wildman–Crippen LogP) is 2.98. The van der Waals surface area contributed by atoms with E-state index in [9.17, 15) is 8.78 Å². The number of H-pyrrole nitrogens is 1. The topological polar surface area (TPSA) is 54.7 Å². The van der Waals surface area contributed by atoms with E-state index in [1.165, 1.54) is 12.1 Å². The summed E-state index contributed by atoms with van der Waals surface area (Å²) in [6.07, 6.45) is 0.575. The summed E-state index contributed by atoms with van der Waals surface area (Å²) >= 11 is 0. The quantitative estimate of drug-likeness (QED) is 0.893. The lowest BCUT2D eigenvalue weighted by Gasteiger charge is -2.03. The molecule has 0 atom stereocenters. The van der Waals surface area contributed by atoms with Crippen LogP contribution in [0.1, 0.15) is 31.3 Å². The van der Waals surface area contributed by atoms with Gasteiger partial charge in [0.2, 0.25) is 0 Å². The summed E-state index contributed by atoms with van der Waals surface area (Å²) in [4.78, 5) is 7.59. The second kappa shape index (κ2) is 5.48. The van der Waals surface area contributed by atoms with Crippen molar-refractivity contribution in [1.29, 1.82) is 0 Å². The van der Waals surface area contributed by atoms with Gasteiger partial charge in [0.05, 0.1) is 5.69 Å². The number of hydrogen-bond donors (Lipinski definition) is 2. The summed E-state index contributed by atoms with van der Waals surface area (Å²) in [7, 11) is 0. The molecule has 0 amide bonds. The summed E-state index contributed by atoms with van der Waals surface area (Å²) in [5.41, 5.74) is 7.16. The molecule has 2 rings (SSSR count). The summed E-state index contributed by atoms with van der Waals surface area (Å²) in [6, 6.07) is 3.50. The number of nitrogens with one attached hydrogen (secondary N) is 1. The Morgan fingerprint density at radius 1 is 1.32 bits per heavy atom.